The third-order valence-electron chi connectivity index (χ3n) is 3.39. The third-order valence-corrected chi connectivity index (χ3v) is 3.39. The van der Waals surface area contributed by atoms with Gasteiger partial charge in [0.1, 0.15) is 0 Å². The normalized spacial score (nSPS) is 17.4. The zero-order valence-corrected chi connectivity index (χ0v) is 12.0. The molecular weight excluding hydrogens is 216 g/mol. The molecule has 0 radical (unpaired) electrons. The number of hydrogen-bond donors (Lipinski definition) is 3. The van der Waals surface area contributed by atoms with Crippen molar-refractivity contribution >= 4 is 5.91 Å². The van der Waals surface area contributed by atoms with Crippen LogP contribution in [0.4, 0.5) is 0 Å². The van der Waals surface area contributed by atoms with E-state index < -0.39 is 0 Å². The summed E-state index contributed by atoms with van der Waals surface area (Å²) in [5.74, 6) is 0.151. The fourth-order valence-corrected chi connectivity index (χ4v) is 1.32. The Hall–Kier alpha value is -0.610. The summed E-state index contributed by atoms with van der Waals surface area (Å²) in [5.41, 5.74) is -0.168. The molecule has 3 unspecified atom stereocenters. The van der Waals surface area contributed by atoms with Gasteiger partial charge in [0.15, 0.2) is 0 Å². The van der Waals surface area contributed by atoms with Crippen molar-refractivity contribution in [3.05, 3.63) is 0 Å². The van der Waals surface area contributed by atoms with Crippen LogP contribution in [0.2, 0.25) is 0 Å². The molecule has 0 aromatic carbocycles. The molecule has 0 aliphatic rings. The van der Waals surface area contributed by atoms with Crippen LogP contribution in [0.25, 0.3) is 0 Å². The number of carbonyl (C=O) groups excluding carboxylic acids is 1. The molecule has 0 heterocycles. The molecule has 4 nitrogen and oxygen atoms in total. The highest BCUT2D eigenvalue weighted by atomic mass is 16.3. The van der Waals surface area contributed by atoms with E-state index in [1.54, 1.807) is 0 Å². The molecule has 17 heavy (non-hydrogen) atoms. The van der Waals surface area contributed by atoms with Crippen LogP contribution in [0.5, 0.6) is 0 Å². The summed E-state index contributed by atoms with van der Waals surface area (Å²) in [7, 11) is 0. The lowest BCUT2D eigenvalue weighted by atomic mass is 10.0. The van der Waals surface area contributed by atoms with E-state index in [0.29, 0.717) is 0 Å². The summed E-state index contributed by atoms with van der Waals surface area (Å²) >= 11 is 0. The van der Waals surface area contributed by atoms with E-state index in [-0.39, 0.29) is 36.1 Å². The van der Waals surface area contributed by atoms with Crippen molar-refractivity contribution in [1.82, 2.24) is 10.6 Å². The van der Waals surface area contributed by atoms with Gasteiger partial charge in [-0.15, -0.1) is 0 Å². The van der Waals surface area contributed by atoms with Gasteiger partial charge in [0.2, 0.25) is 5.91 Å². The highest BCUT2D eigenvalue weighted by molar-refractivity contribution is 5.82. The zero-order chi connectivity index (χ0) is 13.6. The summed E-state index contributed by atoms with van der Waals surface area (Å²) in [6.45, 7) is 12.0. The number of carbonyl (C=O) groups is 1. The van der Waals surface area contributed by atoms with Gasteiger partial charge in [-0.25, -0.2) is 0 Å². The lowest BCUT2D eigenvalue weighted by Crippen LogP contribution is -2.53. The monoisotopic (exact) mass is 244 g/mol. The van der Waals surface area contributed by atoms with E-state index in [0.717, 1.165) is 6.42 Å². The molecule has 0 aliphatic carbocycles. The van der Waals surface area contributed by atoms with Crippen LogP contribution >= 0.6 is 0 Å². The largest absolute Gasteiger partial charge is 0.396 e. The quantitative estimate of drug-likeness (QED) is 0.632. The average Bonchev–Trinajstić information content (AvgIpc) is 2.27. The van der Waals surface area contributed by atoms with Gasteiger partial charge in [0.25, 0.3) is 0 Å². The second kappa shape index (κ2) is 6.97. The molecule has 0 bridgehead atoms. The summed E-state index contributed by atoms with van der Waals surface area (Å²) < 4.78 is 0. The van der Waals surface area contributed by atoms with Gasteiger partial charge in [-0.2, -0.15) is 0 Å². The molecule has 0 aromatic heterocycles. The van der Waals surface area contributed by atoms with E-state index >= 15 is 0 Å². The first kappa shape index (κ1) is 16.4. The Balaban J connectivity index is 4.23. The van der Waals surface area contributed by atoms with Crippen LogP contribution in [0.3, 0.4) is 0 Å². The number of amides is 1. The van der Waals surface area contributed by atoms with Gasteiger partial charge in [0.05, 0.1) is 6.04 Å². The van der Waals surface area contributed by atoms with Crippen LogP contribution in [0.15, 0.2) is 0 Å². The average molecular weight is 244 g/mol. The number of aliphatic hydroxyl groups is 1. The molecule has 1 amide bonds. The van der Waals surface area contributed by atoms with Gasteiger partial charge in [-0.05, 0) is 40.0 Å². The second-order valence-corrected chi connectivity index (χ2v) is 5.56. The van der Waals surface area contributed by atoms with Gasteiger partial charge >= 0.3 is 0 Å². The highest BCUT2D eigenvalue weighted by Crippen LogP contribution is 2.08. The number of hydrogen-bond acceptors (Lipinski definition) is 3. The zero-order valence-electron chi connectivity index (χ0n) is 12.0. The van der Waals surface area contributed by atoms with E-state index in [2.05, 4.69) is 17.6 Å². The molecule has 3 N–H and O–H groups in total. The van der Waals surface area contributed by atoms with Crippen molar-refractivity contribution in [1.29, 1.82) is 0 Å². The van der Waals surface area contributed by atoms with Crippen molar-refractivity contribution < 1.29 is 9.90 Å². The van der Waals surface area contributed by atoms with Gasteiger partial charge < -0.3 is 15.7 Å². The second-order valence-electron chi connectivity index (χ2n) is 5.56. The first-order valence-corrected chi connectivity index (χ1v) is 6.42. The summed E-state index contributed by atoms with van der Waals surface area (Å²) in [6.07, 6.45) is 0.897. The molecule has 0 rings (SSSR count). The smallest absolute Gasteiger partial charge is 0.237 e. The topological polar surface area (TPSA) is 61.4 Å². The molecule has 0 spiro atoms. The molecular formula is C13H28N2O2. The molecule has 0 saturated carbocycles. The Morgan fingerprint density at radius 3 is 2.24 bits per heavy atom. The maximum absolute atomic E-state index is 11.9. The minimum Gasteiger partial charge on any atom is -0.396 e. The van der Waals surface area contributed by atoms with Crippen LogP contribution in [-0.4, -0.2) is 35.2 Å². The molecule has 3 atom stereocenters. The third kappa shape index (κ3) is 6.03. The standard InChI is InChI=1S/C13H28N2O2/c1-7-13(5,6)15-12(17)11(4)14-10(3)9(2)8-16/h9-11,14,16H,7-8H2,1-6H3,(H,15,17). The van der Waals surface area contributed by atoms with E-state index in [4.69, 9.17) is 5.11 Å². The fourth-order valence-electron chi connectivity index (χ4n) is 1.32. The Bertz CT molecular complexity index is 242. The van der Waals surface area contributed by atoms with E-state index in [1.165, 1.54) is 0 Å². The van der Waals surface area contributed by atoms with Crippen LogP contribution < -0.4 is 10.6 Å². The highest BCUT2D eigenvalue weighted by Gasteiger charge is 2.23. The summed E-state index contributed by atoms with van der Waals surface area (Å²) in [6, 6.07) is -0.129. The van der Waals surface area contributed by atoms with Gasteiger partial charge in [0, 0.05) is 18.2 Å². The van der Waals surface area contributed by atoms with Gasteiger partial charge in [-0.1, -0.05) is 13.8 Å². The molecule has 4 heteroatoms. The Morgan fingerprint density at radius 2 is 1.82 bits per heavy atom. The van der Waals surface area contributed by atoms with E-state index in [1.807, 2.05) is 34.6 Å². The minimum absolute atomic E-state index is 0.00818. The summed E-state index contributed by atoms with van der Waals surface area (Å²) in [4.78, 5) is 11.9. The van der Waals surface area contributed by atoms with Crippen molar-refractivity contribution in [2.24, 2.45) is 5.92 Å². The molecule has 102 valence electrons. The maximum Gasteiger partial charge on any atom is 0.237 e. The molecule has 0 saturated heterocycles. The number of nitrogens with one attached hydrogen (secondary N) is 2. The van der Waals surface area contributed by atoms with Crippen molar-refractivity contribution in [2.75, 3.05) is 6.61 Å². The maximum atomic E-state index is 11.9. The fraction of sp³-hybridized carbons (Fsp3) is 0.923. The van der Waals surface area contributed by atoms with E-state index in [9.17, 15) is 4.79 Å². The molecule has 0 aliphatic heterocycles. The van der Waals surface area contributed by atoms with Gasteiger partial charge in [-0.3, -0.25) is 4.79 Å². The Kier molecular flexibility index (Phi) is 6.72. The number of rotatable bonds is 7. The van der Waals surface area contributed by atoms with Crippen LogP contribution in [-0.2, 0) is 4.79 Å². The number of aliphatic hydroxyl groups excluding tert-OH is 1. The Morgan fingerprint density at radius 1 is 1.29 bits per heavy atom. The minimum atomic E-state index is -0.246. The lowest BCUT2D eigenvalue weighted by Gasteiger charge is -2.29. The molecule has 0 fully saturated rings. The Labute approximate surface area is 105 Å². The van der Waals surface area contributed by atoms with Crippen LogP contribution in [0.1, 0.15) is 48.0 Å². The first-order valence-electron chi connectivity index (χ1n) is 6.42. The predicted octanol–water partition coefficient (Wildman–Crippen LogP) is 1.29. The first-order chi connectivity index (χ1) is 7.73. The van der Waals surface area contributed by atoms with Crippen LogP contribution in [0, 0.1) is 5.92 Å². The molecule has 0 aromatic rings. The van der Waals surface area contributed by atoms with Crippen molar-refractivity contribution in [3.63, 3.8) is 0 Å². The SMILES string of the molecule is CCC(C)(C)NC(=O)C(C)NC(C)C(C)CO. The predicted molar refractivity (Wildman–Crippen MR) is 70.8 cm³/mol. The summed E-state index contributed by atoms with van der Waals surface area (Å²) in [5, 5.41) is 15.2. The van der Waals surface area contributed by atoms with Crippen molar-refractivity contribution in [3.8, 4) is 0 Å². The lowest BCUT2D eigenvalue weighted by molar-refractivity contribution is -0.124. The van der Waals surface area contributed by atoms with Crippen molar-refractivity contribution in [2.45, 2.75) is 65.6 Å².